The summed E-state index contributed by atoms with van der Waals surface area (Å²) in [6.45, 7) is 19.3. The van der Waals surface area contributed by atoms with Crippen LogP contribution < -0.4 is 28.9 Å². The summed E-state index contributed by atoms with van der Waals surface area (Å²) in [7, 11) is 0. The number of benzene rings is 8. The SMILES string of the molecule is CCCCOc1c2c(c(C)c3ccccc13)-c1nc-2nc2[n-]c(nc3nc(nc4[n-]c(n1)c1c(C)c5ccccc5c(OCCCC)c41)-c1c-3c(OCCCC)c3ccccc3c1C)c1c(OCCCC)c3ccccc3c(C)c21.[O]=[V+2]. The monoisotopic (exact) mass is 1120 g/mol. The molecule has 5 heterocycles. The Morgan fingerprint density at radius 1 is 0.329 bits per heavy atom. The molecule has 0 atom stereocenters. The molecule has 2 aliphatic heterocycles. The molecule has 0 aliphatic carbocycles. The van der Waals surface area contributed by atoms with Crippen molar-refractivity contribution in [3.63, 3.8) is 0 Å². The average Bonchev–Trinajstić information content (AvgIpc) is 3.14. The number of aromatic nitrogens is 8. The second-order valence-electron chi connectivity index (χ2n) is 21.3. The van der Waals surface area contributed by atoms with E-state index < -0.39 is 0 Å². The molecule has 14 heteroatoms. The van der Waals surface area contributed by atoms with E-state index in [1.54, 1.807) is 0 Å². The first-order chi connectivity index (χ1) is 40.2. The second kappa shape index (κ2) is 22.9. The molecule has 3 aromatic heterocycles. The van der Waals surface area contributed by atoms with Crippen LogP contribution in [0, 0.1) is 27.7 Å². The van der Waals surface area contributed by atoms with Crippen molar-refractivity contribution in [3.05, 3.63) is 119 Å². The fourth-order valence-corrected chi connectivity index (χ4v) is 12.1. The summed E-state index contributed by atoms with van der Waals surface area (Å²) in [4.78, 5) is 44.7. The topological polar surface area (TPSA) is 160 Å². The van der Waals surface area contributed by atoms with Crippen molar-refractivity contribution in [2.24, 2.45) is 0 Å². The number of ether oxygens (including phenoxy) is 4. The van der Waals surface area contributed by atoms with Crippen molar-refractivity contribution >= 4 is 87.2 Å². The first-order valence-corrected chi connectivity index (χ1v) is 29.4. The van der Waals surface area contributed by atoms with Crippen LogP contribution in [0.4, 0.5) is 0 Å². The third-order valence-corrected chi connectivity index (χ3v) is 16.2. The van der Waals surface area contributed by atoms with Crippen molar-refractivity contribution in [3.8, 4) is 68.5 Å². The molecule has 0 saturated heterocycles. The molecule has 0 N–H and O–H groups in total. The molecule has 8 aromatic carbocycles. The summed E-state index contributed by atoms with van der Waals surface area (Å²) in [5, 5.41) is 11.1. The molecule has 0 unspecified atom stereocenters. The molecule has 411 valence electrons. The zero-order valence-corrected chi connectivity index (χ0v) is 49.2. The summed E-state index contributed by atoms with van der Waals surface area (Å²) >= 11 is 1.06. The maximum atomic E-state index is 8.19. The van der Waals surface area contributed by atoms with Gasteiger partial charge in [-0.25, -0.2) is 9.97 Å². The number of unbranched alkanes of at least 4 members (excludes halogenated alkanes) is 4. The van der Waals surface area contributed by atoms with Gasteiger partial charge in [-0.1, -0.05) is 150 Å². The van der Waals surface area contributed by atoms with E-state index in [4.69, 9.17) is 62.5 Å². The third kappa shape index (κ3) is 9.00. The van der Waals surface area contributed by atoms with Crippen LogP contribution in [0.5, 0.6) is 23.0 Å². The predicted molar refractivity (Wildman–Crippen MR) is 325 cm³/mol. The van der Waals surface area contributed by atoms with Gasteiger partial charge in [-0.15, -0.1) is 0 Å². The van der Waals surface area contributed by atoms with Gasteiger partial charge in [0, 0.05) is 76.8 Å². The van der Waals surface area contributed by atoms with Crippen molar-refractivity contribution < 1.29 is 40.0 Å². The van der Waals surface area contributed by atoms with Gasteiger partial charge in [-0.3, -0.25) is 0 Å². The molecule has 11 aromatic rings. The zero-order valence-electron chi connectivity index (χ0n) is 47.8. The summed E-state index contributed by atoms with van der Waals surface area (Å²) in [6.07, 6.45) is 7.32. The Morgan fingerprint density at radius 2 is 0.585 bits per heavy atom. The van der Waals surface area contributed by atoms with Crippen LogP contribution in [-0.2, 0) is 21.0 Å². The maximum absolute atomic E-state index is 8.19. The molecule has 13 nitrogen and oxygen atoms in total. The van der Waals surface area contributed by atoms with Crippen molar-refractivity contribution in [2.75, 3.05) is 26.4 Å². The molecule has 0 fully saturated rings. The molecule has 82 heavy (non-hydrogen) atoms. The summed E-state index contributed by atoms with van der Waals surface area (Å²) < 4.78 is 36.1. The van der Waals surface area contributed by atoms with Gasteiger partial charge in [0.25, 0.3) is 0 Å². The van der Waals surface area contributed by atoms with Gasteiger partial charge in [0.15, 0.2) is 0 Å². The molecule has 0 amide bonds. The van der Waals surface area contributed by atoms with Gasteiger partial charge in [0.1, 0.15) is 23.0 Å². The molecule has 8 bridgehead atoms. The predicted octanol–water partition coefficient (Wildman–Crippen LogP) is 16.6. The molecule has 2 aliphatic rings. The molecule has 13 rings (SSSR count). The number of fused-ring (bicyclic) bond motifs is 24. The van der Waals surface area contributed by atoms with E-state index >= 15 is 0 Å². The summed E-state index contributed by atoms with van der Waals surface area (Å²) in [6, 6.07) is 33.6. The van der Waals surface area contributed by atoms with E-state index in [0.717, 1.165) is 178 Å². The van der Waals surface area contributed by atoms with E-state index in [1.165, 1.54) is 0 Å². The van der Waals surface area contributed by atoms with Crippen molar-refractivity contribution in [1.82, 2.24) is 39.9 Å². The van der Waals surface area contributed by atoms with Gasteiger partial charge in [0.2, 0.25) is 0 Å². The Kier molecular flexibility index (Phi) is 15.2. The number of rotatable bonds is 16. The Bertz CT molecular complexity index is 4530. The molecule has 0 spiro atoms. The fourth-order valence-electron chi connectivity index (χ4n) is 12.1. The normalized spacial score (nSPS) is 11.9. The molecular formula is C68H64N8O5V. The van der Waals surface area contributed by atoms with Gasteiger partial charge in [-0.2, -0.15) is 0 Å². The molecule has 0 radical (unpaired) electrons. The first kappa shape index (κ1) is 54.3. The summed E-state index contributed by atoms with van der Waals surface area (Å²) in [5.74, 6) is 4.55. The van der Waals surface area contributed by atoms with Crippen LogP contribution >= 0.6 is 0 Å². The Hall–Kier alpha value is -8.26. The van der Waals surface area contributed by atoms with Gasteiger partial charge in [0.05, 0.1) is 60.9 Å². The zero-order chi connectivity index (χ0) is 56.8. The fraction of sp³-hybridized carbons (Fsp3) is 0.294. The molecule has 0 saturated carbocycles. The Morgan fingerprint density at radius 3 is 0.902 bits per heavy atom. The quantitative estimate of drug-likeness (QED) is 0.0842. The van der Waals surface area contributed by atoms with E-state index in [-0.39, 0.29) is 0 Å². The third-order valence-electron chi connectivity index (χ3n) is 16.2. The summed E-state index contributed by atoms with van der Waals surface area (Å²) in [5.41, 5.74) is 8.86. The van der Waals surface area contributed by atoms with E-state index in [1.807, 2.05) is 0 Å². The number of hydrogen-bond donors (Lipinski definition) is 0. The second-order valence-corrected chi connectivity index (χ2v) is 21.3. The Labute approximate surface area is 485 Å². The standard InChI is InChI=1S/C68H64N8O4.O.V/c1-9-13-33-77-57-45-29-21-17-25-41(45)37(5)49-53(57)65-70-61(49)69-62-50-38(6)42-26-18-22-30-46(42)58(78-34-14-10-2)54(50)66(71-62)73-64-52-40(8)44-28-20-24-32-48(44)60(80-36-16-12-4)56(52)68(75-64)76-67-55-51(63(72-65)74-67)39(7)43-27-19-23-31-47(43)59(55)79-35-15-11-3;;/h17-32H,9-16,33-36H2,1-8H3;;/q-2;;+2. The molecular weight excluding hydrogens is 1060 g/mol. The minimum atomic E-state index is 0.414. The Balaban J connectivity index is 0.00000329. The van der Waals surface area contributed by atoms with Crippen LogP contribution in [0.15, 0.2) is 97.1 Å². The van der Waals surface area contributed by atoms with E-state index in [2.05, 4.69) is 152 Å². The van der Waals surface area contributed by atoms with E-state index in [9.17, 15) is 0 Å². The number of nitrogens with zero attached hydrogens (tertiary/aromatic N) is 8. The minimum absolute atomic E-state index is 0.414. The number of aryl methyl sites for hydroxylation is 4. The van der Waals surface area contributed by atoms with Crippen LogP contribution in [0.3, 0.4) is 0 Å². The van der Waals surface area contributed by atoms with Crippen molar-refractivity contribution in [1.29, 1.82) is 0 Å². The number of hydrogen-bond acceptors (Lipinski definition) is 11. The average molecular weight is 1120 g/mol. The van der Waals surface area contributed by atoms with Gasteiger partial charge in [-0.05, 0) is 97.2 Å². The van der Waals surface area contributed by atoms with Crippen molar-refractivity contribution in [2.45, 2.75) is 107 Å². The van der Waals surface area contributed by atoms with Gasteiger partial charge >= 0.3 is 21.0 Å². The van der Waals surface area contributed by atoms with E-state index in [0.29, 0.717) is 95.3 Å². The first-order valence-electron chi connectivity index (χ1n) is 28.9. The van der Waals surface area contributed by atoms with Gasteiger partial charge < -0.3 is 48.9 Å². The van der Waals surface area contributed by atoms with Crippen LogP contribution in [-0.4, -0.2) is 56.3 Å². The van der Waals surface area contributed by atoms with Crippen LogP contribution in [0.2, 0.25) is 0 Å². The van der Waals surface area contributed by atoms with Crippen LogP contribution in [0.1, 0.15) is 101 Å². The van der Waals surface area contributed by atoms with Crippen LogP contribution in [0.25, 0.3) is 133 Å².